The molecule has 0 fully saturated rings. The van der Waals surface area contributed by atoms with Crippen molar-refractivity contribution < 1.29 is 39.4 Å². The Morgan fingerprint density at radius 2 is 0.577 bits per heavy atom. The summed E-state index contributed by atoms with van der Waals surface area (Å²) in [5.74, 6) is 1.76. The molecule has 0 aliphatic heterocycles. The molecule has 2 atom stereocenters. The van der Waals surface area contributed by atoms with Gasteiger partial charge in [0.15, 0.2) is 0 Å². The summed E-state index contributed by atoms with van der Waals surface area (Å²) >= 11 is 0.583. The van der Waals surface area contributed by atoms with E-state index in [4.69, 9.17) is 105 Å². The first-order valence-corrected chi connectivity index (χ1v) is 57.6. The molecular weight excluding hydrogens is 2000 g/mol. The van der Waals surface area contributed by atoms with E-state index < -0.39 is 0 Å². The number of aliphatic imine (C=N–C) groups is 6. The van der Waals surface area contributed by atoms with Gasteiger partial charge in [0, 0.05) is 62.3 Å². The van der Waals surface area contributed by atoms with Crippen molar-refractivity contribution in [1.29, 1.82) is 0 Å². The molecule has 12 aromatic rings. The molecule has 142 heavy (non-hydrogen) atoms. The van der Waals surface area contributed by atoms with Crippen LogP contribution in [0.2, 0.25) is 0 Å². The van der Waals surface area contributed by atoms with E-state index in [0.717, 1.165) is 189 Å². The Kier molecular flexibility index (Phi) is 43.3. The van der Waals surface area contributed by atoms with Gasteiger partial charge in [0.1, 0.15) is 0 Å². The van der Waals surface area contributed by atoms with Crippen LogP contribution in [-0.2, 0) is 61.1 Å². The zero-order chi connectivity index (χ0) is 103. The van der Waals surface area contributed by atoms with Gasteiger partial charge >= 0.3 is 100.0 Å². The first-order chi connectivity index (χ1) is 67.6. The van der Waals surface area contributed by atoms with Crippen LogP contribution >= 0.6 is 60.6 Å². The quantitative estimate of drug-likeness (QED) is 0.0559. The van der Waals surface area contributed by atoms with E-state index in [-0.39, 0.29) is 61.1 Å². The molecule has 744 valence electrons. The Morgan fingerprint density at radius 3 is 0.845 bits per heavy atom. The second kappa shape index (κ2) is 53.9. The Balaban J connectivity index is 0.000000210. The number of allylic oxidation sites excluding steroid dienone is 12. The Bertz CT molecular complexity index is 6460. The summed E-state index contributed by atoms with van der Waals surface area (Å²) < 4.78 is 0. The van der Waals surface area contributed by atoms with Crippen LogP contribution in [0.5, 0.6) is 0 Å². The molecule has 0 saturated heterocycles. The molecule has 0 amide bonds. The zero-order valence-corrected chi connectivity index (χ0v) is 94.7. The number of aromatic nitrogens is 3. The van der Waals surface area contributed by atoms with Crippen LogP contribution in [0.15, 0.2) is 367 Å². The number of hydrogen-bond donors (Lipinski definition) is 0. The average molecular weight is 2130 g/mol. The second-order valence-corrected chi connectivity index (χ2v) is 46.4. The van der Waals surface area contributed by atoms with E-state index in [2.05, 4.69) is 427 Å². The number of rotatable bonds is 20. The van der Waals surface area contributed by atoms with Crippen molar-refractivity contribution in [2.75, 3.05) is 0 Å². The standard InChI is InChI=1S/C43H49N3.C42H47N3.C39H41N3.6ClH.3Fe/c1-28-14-11-15-29(2)40(28)44-30(3)38-18-13-19-39(46-38)31(4)45-41-36(32-20-24-34(25-21-32)42(5,6)7)16-12-17-37(41)33-22-26-35(27-23-33)43(8,9)10;1-28-16-26-35(27-17-28)43-29(2)38-14-11-15-39(45-38)30(3)44-40-36(31-18-22-33(23-19-31)41(4,5)6)12-10-13-37(40)32-20-24-34(25-21-32)42(7,8)9;1-26(2)32-20-13-21-33(27(3)4)38(32)40-28(5)36-24-15-25-37(42-36)29(6)41-39-34(30-16-9-7-10-17-30)22-14-23-35(39)31-18-11-8-12-19-31;;;;;;;;;/h11-14,16-27,29H,15H2,1-10H3;10-16,18-26H,17,27H2,1-9H3;7-20,22-27,33H,21H2,1-6H3;6*1H;;;/q;;;;;;;;;3*+2/p-6. The van der Waals surface area contributed by atoms with E-state index in [1.807, 2.05) is 49.4 Å². The van der Waals surface area contributed by atoms with Gasteiger partial charge in [0.2, 0.25) is 0 Å². The summed E-state index contributed by atoms with van der Waals surface area (Å²) in [6.07, 6.45) is 17.3. The topological polar surface area (TPSA) is 113 Å². The van der Waals surface area contributed by atoms with Crippen molar-refractivity contribution in [3.05, 3.63) is 394 Å². The van der Waals surface area contributed by atoms with Gasteiger partial charge in [-0.3, -0.25) is 30.0 Å². The normalized spacial score (nSPS) is 15.1. The minimum atomic E-state index is 0.0891. The maximum absolute atomic E-state index is 5.36. The molecule has 15 rings (SSSR count). The molecule has 9 nitrogen and oxygen atoms in total. The van der Waals surface area contributed by atoms with Gasteiger partial charge < -0.3 is 0 Å². The van der Waals surface area contributed by atoms with Crippen LogP contribution in [0.1, 0.15) is 255 Å². The van der Waals surface area contributed by atoms with Crippen LogP contribution in [0, 0.1) is 23.7 Å². The fourth-order valence-corrected chi connectivity index (χ4v) is 17.2. The predicted octanol–water partition coefficient (Wildman–Crippen LogP) is 38.1. The fourth-order valence-electron chi connectivity index (χ4n) is 17.2. The van der Waals surface area contributed by atoms with Crippen LogP contribution < -0.4 is 0 Å². The van der Waals surface area contributed by atoms with Gasteiger partial charge in [-0.05, 0) is 224 Å². The van der Waals surface area contributed by atoms with Gasteiger partial charge in [-0.2, -0.15) is 0 Å². The van der Waals surface area contributed by atoms with E-state index >= 15 is 0 Å². The molecule has 2 unspecified atom stereocenters. The molecule has 0 saturated carbocycles. The van der Waals surface area contributed by atoms with Crippen molar-refractivity contribution >= 4 is 112 Å². The molecule has 0 bridgehead atoms. The Hall–Kier alpha value is -9.81. The summed E-state index contributed by atoms with van der Waals surface area (Å²) in [5, 5.41) is 0. The van der Waals surface area contributed by atoms with Crippen molar-refractivity contribution in [2.45, 2.75) is 220 Å². The van der Waals surface area contributed by atoms with E-state index in [9.17, 15) is 0 Å². The van der Waals surface area contributed by atoms with Gasteiger partial charge in [0.05, 0.1) is 85.5 Å². The number of hydrogen-bond acceptors (Lipinski definition) is 9. The number of nitrogens with zero attached hydrogens (tertiary/aromatic N) is 9. The number of para-hydroxylation sites is 3. The molecular formula is C124H137Cl6Fe3N9. The van der Waals surface area contributed by atoms with Gasteiger partial charge in [-0.15, -0.1) is 0 Å². The SMILES string of the molecule is CC(=NC1=C(C(C)C)C=CCC1C(C)C)c1cccc(C(C)=Nc2c(-c3ccccc3)cccc2-c2ccccc2)n1.CC(=NC1=C(C)C=CCC1C)c1cccc(C(C)=Nc2c(-c3ccc(C(C)(C)C)cc3)cccc2-c2ccc(C(C)(C)C)cc2)n1.CC1=CC=C(N=C(C)c2cccc(C(C)=Nc3c(-c4ccc(C(C)(C)C)cc4)cccc3-c3ccc(C(C)(C)C)cc3)n2)CC1.[Cl][Fe][Cl].[Cl][Fe][Cl].[Cl][Fe][Cl]. The molecule has 0 N–H and O–H groups in total. The van der Waals surface area contributed by atoms with E-state index in [1.165, 1.54) is 44.7 Å². The van der Waals surface area contributed by atoms with Crippen LogP contribution in [0.25, 0.3) is 66.8 Å². The minimum absolute atomic E-state index is 0.0891. The number of halogens is 6. The van der Waals surface area contributed by atoms with Crippen molar-refractivity contribution in [3.63, 3.8) is 0 Å². The molecule has 3 aliphatic carbocycles. The summed E-state index contributed by atoms with van der Waals surface area (Å²) in [5.41, 5.74) is 39.9. The third kappa shape index (κ3) is 32.1. The van der Waals surface area contributed by atoms with Gasteiger partial charge in [-0.1, -0.05) is 384 Å². The number of benzene rings is 9. The van der Waals surface area contributed by atoms with Crippen molar-refractivity contribution in [3.8, 4) is 66.8 Å². The third-order valence-electron chi connectivity index (χ3n) is 25.5. The van der Waals surface area contributed by atoms with Crippen LogP contribution in [0.3, 0.4) is 0 Å². The molecule has 3 heterocycles. The fraction of sp³-hybridized carbons (Fsp3) is 0.298. The molecule has 18 heteroatoms. The van der Waals surface area contributed by atoms with E-state index in [0.29, 0.717) is 23.7 Å². The predicted molar refractivity (Wildman–Crippen MR) is 607 cm³/mol. The van der Waals surface area contributed by atoms with Crippen LogP contribution in [-0.4, -0.2) is 49.2 Å². The maximum atomic E-state index is 5.36. The summed E-state index contributed by atoms with van der Waals surface area (Å²) in [4.78, 5) is 46.3. The summed E-state index contributed by atoms with van der Waals surface area (Å²) in [6, 6.07) is 94.6. The van der Waals surface area contributed by atoms with Gasteiger partial charge in [-0.25, -0.2) is 15.0 Å². The summed E-state index contributed by atoms with van der Waals surface area (Å²) in [6.45, 7) is 55.0. The first kappa shape index (κ1) is 114. The van der Waals surface area contributed by atoms with Crippen molar-refractivity contribution in [1.82, 2.24) is 15.0 Å². The Morgan fingerprint density at radius 1 is 0.310 bits per heavy atom. The molecule has 9 aromatic carbocycles. The second-order valence-electron chi connectivity index (χ2n) is 41.0. The van der Waals surface area contributed by atoms with Gasteiger partial charge in [0.25, 0.3) is 0 Å². The van der Waals surface area contributed by atoms with E-state index in [1.54, 1.807) is 0 Å². The molecule has 0 spiro atoms. The zero-order valence-electron chi connectivity index (χ0n) is 86.9. The third-order valence-corrected chi connectivity index (χ3v) is 25.5. The van der Waals surface area contributed by atoms with Crippen molar-refractivity contribution in [2.24, 2.45) is 53.6 Å². The molecule has 3 aliphatic rings. The summed E-state index contributed by atoms with van der Waals surface area (Å²) in [7, 11) is 28.6. The Labute approximate surface area is 892 Å². The first-order valence-electron chi connectivity index (χ1n) is 48.5. The molecule has 3 aromatic heterocycles. The number of pyridine rings is 3. The average Bonchev–Trinajstić information content (AvgIpc) is 0.786. The molecule has 0 radical (unpaired) electrons. The monoisotopic (exact) mass is 2130 g/mol. The van der Waals surface area contributed by atoms with Crippen LogP contribution in [0.4, 0.5) is 17.1 Å².